The smallest absolute Gasteiger partial charge is 0.400 e. The lowest BCUT2D eigenvalue weighted by Gasteiger charge is -2.16. The summed E-state index contributed by atoms with van der Waals surface area (Å²) in [4.78, 5) is 9.53. The van der Waals surface area contributed by atoms with Gasteiger partial charge >= 0.3 is 15.4 Å². The van der Waals surface area contributed by atoms with Crippen LogP contribution in [0, 0.1) is 0 Å². The van der Waals surface area contributed by atoms with E-state index in [1.807, 2.05) is 0 Å². The van der Waals surface area contributed by atoms with Crippen molar-refractivity contribution in [1.82, 2.24) is 0 Å². The highest BCUT2D eigenvalue weighted by molar-refractivity contribution is 7.86. The zero-order chi connectivity index (χ0) is 11.4. The molecule has 0 aliphatic carbocycles. The van der Waals surface area contributed by atoms with E-state index in [9.17, 15) is 26.4 Å². The third kappa shape index (κ3) is 3.14. The van der Waals surface area contributed by atoms with Crippen molar-refractivity contribution in [2.45, 2.75) is 17.8 Å². The molecule has 0 aromatic carbocycles. The Labute approximate surface area is 77.6 Å². The molecule has 0 saturated heterocycles. The minimum Gasteiger partial charge on any atom is -0.468 e. The normalized spacial score (nSPS) is 14.9. The second-order valence-corrected chi connectivity index (χ2v) is 3.75. The molecule has 0 fully saturated rings. The van der Waals surface area contributed by atoms with E-state index >= 15 is 0 Å². The highest BCUT2D eigenvalue weighted by atomic mass is 32.2. The molecule has 1 atom stereocenters. The minimum absolute atomic E-state index is 0.0989. The van der Waals surface area contributed by atoms with E-state index in [1.54, 1.807) is 0 Å². The van der Waals surface area contributed by atoms with Gasteiger partial charge in [0.15, 0.2) is 6.17 Å². The highest BCUT2D eigenvalue weighted by Gasteiger charge is 2.52. The van der Waals surface area contributed by atoms with Gasteiger partial charge in [-0.2, -0.15) is 17.2 Å². The second kappa shape index (κ2) is 4.60. The highest BCUT2D eigenvalue weighted by Crippen LogP contribution is 2.29. The van der Waals surface area contributed by atoms with Gasteiger partial charge in [0, 0.05) is 6.42 Å². The van der Waals surface area contributed by atoms with Crippen molar-refractivity contribution in [1.29, 1.82) is 0 Å². The van der Waals surface area contributed by atoms with Gasteiger partial charge in [0.2, 0.25) is 0 Å². The fraction of sp³-hybridized carbons (Fsp3) is 0.800. The van der Waals surface area contributed by atoms with Crippen LogP contribution in [0.2, 0.25) is 0 Å². The molecule has 1 N–H and O–H groups in total. The molecule has 0 radical (unpaired) electrons. The standard InChI is InChI=1S/C5H7F3O5S/c6-4(1-2-13-3-9)5(7,8)14(10,11)12/h3-4H,1-2H2,(H,10,11,12). The lowest BCUT2D eigenvalue weighted by atomic mass is 10.3. The SMILES string of the molecule is O=COCCC(F)C(F)(F)S(=O)(=O)O. The Morgan fingerprint density at radius 2 is 2.00 bits per heavy atom. The van der Waals surface area contributed by atoms with Gasteiger partial charge < -0.3 is 4.74 Å². The van der Waals surface area contributed by atoms with Crippen LogP contribution in [0.15, 0.2) is 0 Å². The van der Waals surface area contributed by atoms with Crippen LogP contribution in [0.5, 0.6) is 0 Å². The molecule has 0 aliphatic heterocycles. The first-order chi connectivity index (χ1) is 6.23. The van der Waals surface area contributed by atoms with E-state index in [0.29, 0.717) is 0 Å². The monoisotopic (exact) mass is 236 g/mol. The van der Waals surface area contributed by atoms with E-state index in [1.165, 1.54) is 0 Å². The fourth-order valence-electron chi connectivity index (χ4n) is 0.549. The first-order valence-electron chi connectivity index (χ1n) is 3.27. The molecule has 0 aliphatic rings. The zero-order valence-electron chi connectivity index (χ0n) is 6.69. The number of alkyl halides is 3. The Morgan fingerprint density at radius 3 is 2.36 bits per heavy atom. The summed E-state index contributed by atoms with van der Waals surface area (Å²) in [5, 5.41) is -4.89. The molecule has 0 bridgehead atoms. The van der Waals surface area contributed by atoms with Gasteiger partial charge in [-0.25, -0.2) is 4.39 Å². The molecule has 0 rings (SSSR count). The van der Waals surface area contributed by atoms with Crippen molar-refractivity contribution in [2.24, 2.45) is 0 Å². The van der Waals surface area contributed by atoms with E-state index in [-0.39, 0.29) is 6.47 Å². The molecule has 0 aromatic rings. The number of hydrogen-bond donors (Lipinski definition) is 1. The Morgan fingerprint density at radius 1 is 1.50 bits per heavy atom. The van der Waals surface area contributed by atoms with Crippen molar-refractivity contribution in [3.8, 4) is 0 Å². The molecule has 84 valence electrons. The molecule has 9 heteroatoms. The molecule has 0 amide bonds. The summed E-state index contributed by atoms with van der Waals surface area (Å²) in [6, 6.07) is 0. The molecule has 5 nitrogen and oxygen atoms in total. The van der Waals surface area contributed by atoms with Crippen LogP contribution < -0.4 is 0 Å². The summed E-state index contributed by atoms with van der Waals surface area (Å²) in [6.07, 6.45) is -4.15. The first kappa shape index (κ1) is 13.2. The quantitative estimate of drug-likeness (QED) is 0.409. The van der Waals surface area contributed by atoms with Crippen LogP contribution in [0.4, 0.5) is 13.2 Å². The average Bonchev–Trinajstić information content (AvgIpc) is 2.02. The van der Waals surface area contributed by atoms with Gasteiger partial charge in [0.25, 0.3) is 6.47 Å². The molecule has 0 saturated carbocycles. The molecular weight excluding hydrogens is 229 g/mol. The number of rotatable bonds is 6. The van der Waals surface area contributed by atoms with Gasteiger partial charge in [-0.3, -0.25) is 9.35 Å². The van der Waals surface area contributed by atoms with E-state index < -0.39 is 34.6 Å². The van der Waals surface area contributed by atoms with Crippen LogP contribution >= 0.6 is 0 Å². The maximum Gasteiger partial charge on any atom is 0.400 e. The van der Waals surface area contributed by atoms with Crippen molar-refractivity contribution in [2.75, 3.05) is 6.61 Å². The number of halogens is 3. The van der Waals surface area contributed by atoms with Crippen molar-refractivity contribution < 1.29 is 35.7 Å². The maximum absolute atomic E-state index is 12.5. The van der Waals surface area contributed by atoms with Gasteiger partial charge in [-0.1, -0.05) is 0 Å². The van der Waals surface area contributed by atoms with Crippen molar-refractivity contribution in [3.63, 3.8) is 0 Å². The Kier molecular flexibility index (Phi) is 4.33. The topological polar surface area (TPSA) is 80.7 Å². The summed E-state index contributed by atoms with van der Waals surface area (Å²) < 4.78 is 69.1. The maximum atomic E-state index is 12.5. The van der Waals surface area contributed by atoms with E-state index in [2.05, 4.69) is 4.74 Å². The number of carbonyl (C=O) groups is 1. The van der Waals surface area contributed by atoms with Crippen LogP contribution in [0.1, 0.15) is 6.42 Å². The zero-order valence-corrected chi connectivity index (χ0v) is 7.51. The Bertz CT molecular complexity index is 288. The molecule has 1 unspecified atom stereocenters. The summed E-state index contributed by atoms with van der Waals surface area (Å²) in [6.45, 7) is -0.798. The largest absolute Gasteiger partial charge is 0.468 e. The van der Waals surface area contributed by atoms with Crippen molar-refractivity contribution in [3.05, 3.63) is 0 Å². The number of hydrogen-bond acceptors (Lipinski definition) is 4. The van der Waals surface area contributed by atoms with Crippen LogP contribution in [-0.4, -0.2) is 37.5 Å². The van der Waals surface area contributed by atoms with Gasteiger partial charge in [0.1, 0.15) is 0 Å². The minimum atomic E-state index is -5.79. The van der Waals surface area contributed by atoms with Gasteiger partial charge in [0.05, 0.1) is 6.61 Å². The molecular formula is C5H7F3O5S. The summed E-state index contributed by atoms with van der Waals surface area (Å²) >= 11 is 0. The second-order valence-electron chi connectivity index (χ2n) is 2.26. The third-order valence-corrected chi connectivity index (χ3v) is 2.21. The lowest BCUT2D eigenvalue weighted by Crippen LogP contribution is -2.39. The Hall–Kier alpha value is -0.830. The summed E-state index contributed by atoms with van der Waals surface area (Å²) in [7, 11) is -5.79. The summed E-state index contributed by atoms with van der Waals surface area (Å²) in [5.74, 6) is 0. The van der Waals surface area contributed by atoms with Gasteiger partial charge in [-0.05, 0) is 0 Å². The first-order valence-corrected chi connectivity index (χ1v) is 4.71. The van der Waals surface area contributed by atoms with Crippen LogP contribution in [0.3, 0.4) is 0 Å². The van der Waals surface area contributed by atoms with E-state index in [4.69, 9.17) is 4.55 Å². The Balaban J connectivity index is 4.37. The predicted molar refractivity (Wildman–Crippen MR) is 38.0 cm³/mol. The van der Waals surface area contributed by atoms with E-state index in [0.717, 1.165) is 0 Å². The van der Waals surface area contributed by atoms with Crippen LogP contribution in [-0.2, 0) is 19.6 Å². The number of carbonyl (C=O) groups excluding carboxylic acids is 1. The fourth-order valence-corrected chi connectivity index (χ4v) is 0.990. The lowest BCUT2D eigenvalue weighted by molar-refractivity contribution is -0.129. The molecule has 14 heavy (non-hydrogen) atoms. The van der Waals surface area contributed by atoms with Crippen molar-refractivity contribution >= 4 is 16.6 Å². The summed E-state index contributed by atoms with van der Waals surface area (Å²) in [5.41, 5.74) is 0. The number of ether oxygens (including phenoxy) is 1. The molecule has 0 heterocycles. The van der Waals surface area contributed by atoms with Gasteiger partial charge in [-0.15, -0.1) is 0 Å². The molecule has 0 aromatic heterocycles. The molecule has 0 spiro atoms. The van der Waals surface area contributed by atoms with Crippen LogP contribution in [0.25, 0.3) is 0 Å². The third-order valence-electron chi connectivity index (χ3n) is 1.27. The average molecular weight is 236 g/mol. The predicted octanol–water partition coefficient (Wildman–Crippen LogP) is 0.368.